The highest BCUT2D eigenvalue weighted by atomic mass is 79.9. The number of hydrogen-bond acceptors (Lipinski definition) is 2. The lowest BCUT2D eigenvalue weighted by molar-refractivity contribution is 0.481. The van der Waals surface area contributed by atoms with Gasteiger partial charge in [0, 0.05) is 9.50 Å². The Morgan fingerprint density at radius 3 is 2.47 bits per heavy atom. The van der Waals surface area contributed by atoms with Crippen molar-refractivity contribution < 1.29 is 4.74 Å². The van der Waals surface area contributed by atoms with Crippen LogP contribution in [0.1, 0.15) is 5.56 Å². The van der Waals surface area contributed by atoms with Crippen molar-refractivity contribution in [3.8, 4) is 11.5 Å². The summed E-state index contributed by atoms with van der Waals surface area (Å²) >= 11 is 9.24. The van der Waals surface area contributed by atoms with Gasteiger partial charge >= 0.3 is 0 Å². The lowest BCUT2D eigenvalue weighted by Gasteiger charge is -2.11. The Hall–Kier alpha value is -1.19. The van der Waals surface area contributed by atoms with Crippen molar-refractivity contribution in [3.63, 3.8) is 0 Å². The molecular formula is C13H11BrClNO. The molecule has 0 saturated carbocycles. The van der Waals surface area contributed by atoms with Crippen molar-refractivity contribution in [1.29, 1.82) is 0 Å². The van der Waals surface area contributed by atoms with E-state index in [9.17, 15) is 0 Å². The molecule has 0 heterocycles. The lowest BCUT2D eigenvalue weighted by Crippen LogP contribution is -1.93. The van der Waals surface area contributed by atoms with Crippen LogP contribution in [-0.4, -0.2) is 0 Å². The number of anilines is 1. The van der Waals surface area contributed by atoms with Crippen LogP contribution in [0.25, 0.3) is 0 Å². The monoisotopic (exact) mass is 311 g/mol. The first-order valence-electron chi connectivity index (χ1n) is 5.05. The molecule has 17 heavy (non-hydrogen) atoms. The Labute approximate surface area is 113 Å². The van der Waals surface area contributed by atoms with Crippen molar-refractivity contribution in [2.75, 3.05) is 5.73 Å². The van der Waals surface area contributed by atoms with Gasteiger partial charge in [-0.2, -0.15) is 0 Å². The largest absolute Gasteiger partial charge is 0.455 e. The zero-order valence-electron chi connectivity index (χ0n) is 9.21. The second kappa shape index (κ2) is 4.98. The molecule has 2 N–H and O–H groups in total. The summed E-state index contributed by atoms with van der Waals surface area (Å²) < 4.78 is 6.67. The molecule has 2 rings (SSSR count). The Morgan fingerprint density at radius 1 is 1.12 bits per heavy atom. The summed E-state index contributed by atoms with van der Waals surface area (Å²) in [7, 11) is 0. The van der Waals surface area contributed by atoms with Crippen LogP contribution in [0.5, 0.6) is 11.5 Å². The SMILES string of the molecule is Cc1cc(Cl)ccc1Oc1ccc(Br)cc1N. The molecule has 0 aliphatic carbocycles. The van der Waals surface area contributed by atoms with Gasteiger partial charge in [0.2, 0.25) is 0 Å². The summed E-state index contributed by atoms with van der Waals surface area (Å²) in [6.45, 7) is 1.94. The van der Waals surface area contributed by atoms with Crippen LogP contribution in [-0.2, 0) is 0 Å². The molecule has 0 fully saturated rings. The van der Waals surface area contributed by atoms with Crippen molar-refractivity contribution in [3.05, 3.63) is 51.5 Å². The molecule has 4 heteroatoms. The highest BCUT2D eigenvalue weighted by Crippen LogP contribution is 2.32. The minimum absolute atomic E-state index is 0.591. The van der Waals surface area contributed by atoms with Gasteiger partial charge in [0.25, 0.3) is 0 Å². The summed E-state index contributed by atoms with van der Waals surface area (Å²) in [5.41, 5.74) is 7.43. The molecule has 0 atom stereocenters. The van der Waals surface area contributed by atoms with E-state index in [4.69, 9.17) is 22.1 Å². The third-order valence-electron chi connectivity index (χ3n) is 2.33. The minimum atomic E-state index is 0.591. The molecule has 0 aromatic heterocycles. The van der Waals surface area contributed by atoms with Crippen LogP contribution < -0.4 is 10.5 Å². The predicted octanol–water partition coefficient (Wildman–Crippen LogP) is 4.79. The highest BCUT2D eigenvalue weighted by Gasteiger charge is 2.05. The van der Waals surface area contributed by atoms with Gasteiger partial charge in [0.05, 0.1) is 5.69 Å². The fourth-order valence-corrected chi connectivity index (χ4v) is 2.06. The zero-order valence-corrected chi connectivity index (χ0v) is 11.5. The van der Waals surface area contributed by atoms with Crippen molar-refractivity contribution >= 4 is 33.2 Å². The summed E-state index contributed by atoms with van der Waals surface area (Å²) in [4.78, 5) is 0. The Morgan fingerprint density at radius 2 is 1.82 bits per heavy atom. The van der Waals surface area contributed by atoms with E-state index in [1.165, 1.54) is 0 Å². The van der Waals surface area contributed by atoms with Crippen molar-refractivity contribution in [2.45, 2.75) is 6.92 Å². The van der Waals surface area contributed by atoms with Crippen LogP contribution in [0.2, 0.25) is 5.02 Å². The molecule has 0 radical (unpaired) electrons. The summed E-state index contributed by atoms with van der Waals surface area (Å²) in [5, 5.41) is 0.693. The predicted molar refractivity (Wildman–Crippen MR) is 74.8 cm³/mol. The Balaban J connectivity index is 2.31. The van der Waals surface area contributed by atoms with E-state index in [-0.39, 0.29) is 0 Å². The average Bonchev–Trinajstić information content (AvgIpc) is 2.25. The quantitative estimate of drug-likeness (QED) is 0.810. The van der Waals surface area contributed by atoms with E-state index in [1.807, 2.05) is 31.2 Å². The van der Waals surface area contributed by atoms with Gasteiger partial charge in [-0.1, -0.05) is 27.5 Å². The Kier molecular flexibility index (Phi) is 3.60. The van der Waals surface area contributed by atoms with E-state index in [1.54, 1.807) is 12.1 Å². The van der Waals surface area contributed by atoms with Gasteiger partial charge < -0.3 is 10.5 Å². The van der Waals surface area contributed by atoms with E-state index in [2.05, 4.69) is 15.9 Å². The molecule has 0 unspecified atom stereocenters. The molecule has 2 aromatic rings. The van der Waals surface area contributed by atoms with E-state index in [0.29, 0.717) is 16.5 Å². The summed E-state index contributed by atoms with van der Waals surface area (Å²) in [6.07, 6.45) is 0. The molecule has 0 amide bonds. The lowest BCUT2D eigenvalue weighted by atomic mass is 10.2. The third kappa shape index (κ3) is 2.93. The normalized spacial score (nSPS) is 10.3. The maximum Gasteiger partial charge on any atom is 0.150 e. The number of ether oxygens (including phenoxy) is 1. The van der Waals surface area contributed by atoms with E-state index in [0.717, 1.165) is 15.8 Å². The zero-order chi connectivity index (χ0) is 12.4. The Bertz CT molecular complexity index is 508. The second-order valence-corrected chi connectivity index (χ2v) is 5.05. The van der Waals surface area contributed by atoms with E-state index < -0.39 is 0 Å². The van der Waals surface area contributed by atoms with Crippen LogP contribution in [0.3, 0.4) is 0 Å². The fraction of sp³-hybridized carbons (Fsp3) is 0.0769. The minimum Gasteiger partial charge on any atom is -0.455 e. The molecule has 0 aliphatic heterocycles. The van der Waals surface area contributed by atoms with Crippen molar-refractivity contribution in [2.24, 2.45) is 0 Å². The number of benzene rings is 2. The number of halogens is 2. The molecule has 0 aliphatic rings. The smallest absolute Gasteiger partial charge is 0.150 e. The third-order valence-corrected chi connectivity index (χ3v) is 3.06. The van der Waals surface area contributed by atoms with Gasteiger partial charge in [-0.15, -0.1) is 0 Å². The topological polar surface area (TPSA) is 35.2 Å². The summed E-state index contributed by atoms with van der Waals surface area (Å²) in [5.74, 6) is 1.39. The van der Waals surface area contributed by atoms with Gasteiger partial charge in [0.1, 0.15) is 11.5 Å². The van der Waals surface area contributed by atoms with Gasteiger partial charge in [-0.3, -0.25) is 0 Å². The summed E-state index contributed by atoms with van der Waals surface area (Å²) in [6, 6.07) is 11.0. The molecule has 2 aromatic carbocycles. The van der Waals surface area contributed by atoms with Gasteiger partial charge in [-0.25, -0.2) is 0 Å². The molecule has 2 nitrogen and oxygen atoms in total. The molecular weight excluding hydrogens is 302 g/mol. The first-order valence-corrected chi connectivity index (χ1v) is 6.22. The number of hydrogen-bond donors (Lipinski definition) is 1. The van der Waals surface area contributed by atoms with Gasteiger partial charge in [0.15, 0.2) is 0 Å². The van der Waals surface area contributed by atoms with Crippen LogP contribution >= 0.6 is 27.5 Å². The van der Waals surface area contributed by atoms with Crippen LogP contribution in [0, 0.1) is 6.92 Å². The second-order valence-electron chi connectivity index (χ2n) is 3.69. The average molecular weight is 313 g/mol. The highest BCUT2D eigenvalue weighted by molar-refractivity contribution is 9.10. The van der Waals surface area contributed by atoms with Crippen LogP contribution in [0.4, 0.5) is 5.69 Å². The van der Waals surface area contributed by atoms with Gasteiger partial charge in [-0.05, 0) is 48.9 Å². The standard InChI is InChI=1S/C13H11BrClNO/c1-8-6-10(15)3-5-12(8)17-13-4-2-9(14)7-11(13)16/h2-7H,16H2,1H3. The molecule has 0 bridgehead atoms. The molecule has 0 spiro atoms. The van der Waals surface area contributed by atoms with Crippen LogP contribution in [0.15, 0.2) is 40.9 Å². The van der Waals surface area contributed by atoms with E-state index >= 15 is 0 Å². The first-order chi connectivity index (χ1) is 8.06. The number of nitrogens with two attached hydrogens (primary N) is 1. The number of aryl methyl sites for hydroxylation is 1. The maximum absolute atomic E-state index is 5.89. The van der Waals surface area contributed by atoms with Crippen molar-refractivity contribution in [1.82, 2.24) is 0 Å². The first kappa shape index (κ1) is 12.3. The maximum atomic E-state index is 5.89. The molecule has 88 valence electrons. The fourth-order valence-electron chi connectivity index (χ4n) is 1.46. The number of nitrogen functional groups attached to an aromatic ring is 1. The number of rotatable bonds is 2. The molecule has 0 saturated heterocycles.